The fourth-order valence-electron chi connectivity index (χ4n) is 2.93. The molecular weight excluding hydrogens is 322 g/mol. The first-order valence-corrected chi connectivity index (χ1v) is 8.34. The second-order valence-corrected chi connectivity index (χ2v) is 6.35. The Morgan fingerprint density at radius 1 is 1.32 bits per heavy atom. The van der Waals surface area contributed by atoms with Crippen LogP contribution in [0.1, 0.15) is 50.1 Å². The topological polar surface area (TPSA) is 88.6 Å². The smallest absolute Gasteiger partial charge is 0.318 e. The summed E-state index contributed by atoms with van der Waals surface area (Å²) in [4.78, 5) is 25.1. The summed E-state index contributed by atoms with van der Waals surface area (Å²) in [6, 6.07) is 9.50. The van der Waals surface area contributed by atoms with Gasteiger partial charge in [0.1, 0.15) is 5.76 Å². The van der Waals surface area contributed by atoms with E-state index in [2.05, 4.69) is 5.32 Å². The van der Waals surface area contributed by atoms with Gasteiger partial charge in [-0.2, -0.15) is 0 Å². The first kappa shape index (κ1) is 17.0. The molecule has 1 N–H and O–H groups in total. The number of nitro groups is 1. The van der Waals surface area contributed by atoms with Crippen molar-refractivity contribution in [1.29, 1.82) is 0 Å². The molecule has 2 atom stereocenters. The highest BCUT2D eigenvalue weighted by Crippen LogP contribution is 2.35. The third-order valence-corrected chi connectivity index (χ3v) is 4.47. The van der Waals surface area contributed by atoms with E-state index in [0.29, 0.717) is 5.56 Å². The van der Waals surface area contributed by atoms with E-state index in [1.54, 1.807) is 29.4 Å². The molecule has 1 aromatic carbocycles. The van der Waals surface area contributed by atoms with Crippen molar-refractivity contribution in [2.24, 2.45) is 0 Å². The molecule has 1 fully saturated rings. The van der Waals surface area contributed by atoms with Crippen molar-refractivity contribution < 1.29 is 14.1 Å². The lowest BCUT2D eigenvalue weighted by atomic mass is 10.1. The minimum absolute atomic E-state index is 0.0154. The number of nitrogens with zero attached hydrogens (tertiary/aromatic N) is 2. The van der Waals surface area contributed by atoms with E-state index < -0.39 is 4.92 Å². The average Bonchev–Trinajstić information content (AvgIpc) is 3.26. The van der Waals surface area contributed by atoms with Gasteiger partial charge in [-0.15, -0.1) is 0 Å². The van der Waals surface area contributed by atoms with Crippen molar-refractivity contribution in [3.63, 3.8) is 0 Å². The Balaban J connectivity index is 1.73. The van der Waals surface area contributed by atoms with E-state index in [1.807, 2.05) is 19.9 Å². The van der Waals surface area contributed by atoms with E-state index in [0.717, 1.165) is 18.6 Å². The van der Waals surface area contributed by atoms with Gasteiger partial charge in [0.15, 0.2) is 0 Å². The number of nitrogens with one attached hydrogen (secondary N) is 1. The lowest BCUT2D eigenvalue weighted by Crippen LogP contribution is -2.43. The summed E-state index contributed by atoms with van der Waals surface area (Å²) in [6.07, 6.45) is 3.55. The molecule has 0 aliphatic heterocycles. The summed E-state index contributed by atoms with van der Waals surface area (Å²) in [5.74, 6) is 0.741. The van der Waals surface area contributed by atoms with Gasteiger partial charge in [0.2, 0.25) is 0 Å². The third kappa shape index (κ3) is 3.81. The van der Waals surface area contributed by atoms with Crippen LogP contribution in [0.5, 0.6) is 0 Å². The van der Waals surface area contributed by atoms with Gasteiger partial charge < -0.3 is 14.6 Å². The van der Waals surface area contributed by atoms with Crippen molar-refractivity contribution in [2.75, 3.05) is 0 Å². The van der Waals surface area contributed by atoms with Crippen LogP contribution in [0.3, 0.4) is 0 Å². The van der Waals surface area contributed by atoms with Gasteiger partial charge in [0.25, 0.3) is 5.69 Å². The number of furan rings is 1. The van der Waals surface area contributed by atoms with Crippen LogP contribution in [-0.2, 0) is 0 Å². The highest BCUT2D eigenvalue weighted by atomic mass is 16.6. The second kappa shape index (κ2) is 6.96. The van der Waals surface area contributed by atoms with Gasteiger partial charge in [0.05, 0.1) is 23.3 Å². The lowest BCUT2D eigenvalue weighted by molar-refractivity contribution is -0.384. The Labute approximate surface area is 145 Å². The van der Waals surface area contributed by atoms with Crippen LogP contribution in [0.2, 0.25) is 0 Å². The highest BCUT2D eigenvalue weighted by molar-refractivity contribution is 5.76. The summed E-state index contributed by atoms with van der Waals surface area (Å²) in [7, 11) is 0. The molecule has 7 heteroatoms. The molecule has 0 spiro atoms. The van der Waals surface area contributed by atoms with Crippen molar-refractivity contribution in [3.8, 4) is 0 Å². The summed E-state index contributed by atoms with van der Waals surface area (Å²) in [6.45, 7) is 3.76. The Bertz CT molecular complexity index is 755. The van der Waals surface area contributed by atoms with Gasteiger partial charge in [-0.1, -0.05) is 12.1 Å². The molecule has 1 aliphatic rings. The molecule has 0 saturated heterocycles. The van der Waals surface area contributed by atoms with Crippen LogP contribution in [-0.4, -0.2) is 21.9 Å². The van der Waals surface area contributed by atoms with Crippen LogP contribution in [0, 0.1) is 10.1 Å². The van der Waals surface area contributed by atoms with Crippen LogP contribution >= 0.6 is 0 Å². The fourth-order valence-corrected chi connectivity index (χ4v) is 2.93. The van der Waals surface area contributed by atoms with Gasteiger partial charge in [-0.05, 0) is 44.4 Å². The maximum Gasteiger partial charge on any atom is 0.318 e. The Morgan fingerprint density at radius 2 is 2.08 bits per heavy atom. The fraction of sp³-hybridized carbons (Fsp3) is 0.389. The number of non-ortho nitro benzene ring substituents is 1. The van der Waals surface area contributed by atoms with Crippen molar-refractivity contribution in [1.82, 2.24) is 10.2 Å². The molecule has 0 radical (unpaired) electrons. The molecule has 1 aromatic heterocycles. The molecule has 7 nitrogen and oxygen atoms in total. The van der Waals surface area contributed by atoms with E-state index in [9.17, 15) is 14.9 Å². The molecule has 0 unspecified atom stereocenters. The Morgan fingerprint density at radius 3 is 2.68 bits per heavy atom. The van der Waals surface area contributed by atoms with Gasteiger partial charge in [0, 0.05) is 18.2 Å². The Hall–Kier alpha value is -2.83. The van der Waals surface area contributed by atoms with Crippen LogP contribution < -0.4 is 5.32 Å². The van der Waals surface area contributed by atoms with Gasteiger partial charge in [-0.25, -0.2) is 4.79 Å². The SMILES string of the molecule is C[C@H](NC(=O)N(C1CC1)[C@@H](C)c1ccco1)c1cccc([N+](=O)[O-])c1. The molecule has 25 heavy (non-hydrogen) atoms. The zero-order valence-corrected chi connectivity index (χ0v) is 14.2. The molecule has 0 bridgehead atoms. The van der Waals surface area contributed by atoms with Gasteiger partial charge in [-0.3, -0.25) is 10.1 Å². The Kier molecular flexibility index (Phi) is 4.74. The zero-order chi connectivity index (χ0) is 18.0. The van der Waals surface area contributed by atoms with Gasteiger partial charge >= 0.3 is 6.03 Å². The maximum atomic E-state index is 12.8. The van der Waals surface area contributed by atoms with E-state index in [-0.39, 0.29) is 29.8 Å². The molecule has 132 valence electrons. The monoisotopic (exact) mass is 343 g/mol. The summed E-state index contributed by atoms with van der Waals surface area (Å²) >= 11 is 0. The summed E-state index contributed by atoms with van der Waals surface area (Å²) in [5.41, 5.74) is 0.713. The number of urea groups is 1. The maximum absolute atomic E-state index is 12.8. The van der Waals surface area contributed by atoms with Crippen LogP contribution in [0.15, 0.2) is 47.1 Å². The van der Waals surface area contributed by atoms with Crippen LogP contribution in [0.4, 0.5) is 10.5 Å². The minimum atomic E-state index is -0.437. The van der Waals surface area contributed by atoms with Crippen molar-refractivity contribution in [3.05, 3.63) is 64.1 Å². The number of hydrogen-bond donors (Lipinski definition) is 1. The number of benzene rings is 1. The first-order chi connectivity index (χ1) is 12.0. The number of rotatable bonds is 6. The quantitative estimate of drug-likeness (QED) is 0.629. The molecule has 3 rings (SSSR count). The number of hydrogen-bond acceptors (Lipinski definition) is 4. The predicted molar refractivity (Wildman–Crippen MR) is 92.0 cm³/mol. The standard InChI is InChI=1S/C18H21N3O4/c1-12(14-5-3-6-16(11-14)21(23)24)19-18(22)20(15-8-9-15)13(2)17-7-4-10-25-17/h3-7,10-13,15H,8-9H2,1-2H3,(H,19,22)/t12-,13-/m0/s1. The number of carbonyl (C=O) groups excluding carboxylic acids is 1. The molecule has 2 amide bonds. The number of nitro benzene ring substituents is 1. The molecule has 1 aliphatic carbocycles. The predicted octanol–water partition coefficient (Wildman–Crippen LogP) is 4.18. The highest BCUT2D eigenvalue weighted by Gasteiger charge is 2.37. The first-order valence-electron chi connectivity index (χ1n) is 8.34. The van der Waals surface area contributed by atoms with E-state index in [1.165, 1.54) is 12.1 Å². The van der Waals surface area contributed by atoms with E-state index in [4.69, 9.17) is 4.42 Å². The minimum Gasteiger partial charge on any atom is -0.467 e. The summed E-state index contributed by atoms with van der Waals surface area (Å²) < 4.78 is 5.44. The van der Waals surface area contributed by atoms with Crippen molar-refractivity contribution >= 4 is 11.7 Å². The largest absolute Gasteiger partial charge is 0.467 e. The number of amides is 2. The second-order valence-electron chi connectivity index (χ2n) is 6.35. The third-order valence-electron chi connectivity index (χ3n) is 4.47. The molecule has 1 heterocycles. The molecule has 1 saturated carbocycles. The van der Waals surface area contributed by atoms with E-state index >= 15 is 0 Å². The summed E-state index contributed by atoms with van der Waals surface area (Å²) in [5, 5.41) is 13.9. The number of carbonyl (C=O) groups is 1. The van der Waals surface area contributed by atoms with Crippen molar-refractivity contribution in [2.45, 2.75) is 44.8 Å². The molecular formula is C18H21N3O4. The lowest BCUT2D eigenvalue weighted by Gasteiger charge is -2.29. The van der Waals surface area contributed by atoms with Crippen LogP contribution in [0.25, 0.3) is 0 Å². The molecule has 2 aromatic rings. The zero-order valence-electron chi connectivity index (χ0n) is 14.2. The normalized spacial score (nSPS) is 16.1. The average molecular weight is 343 g/mol.